The van der Waals surface area contributed by atoms with Crippen molar-refractivity contribution >= 4 is 155 Å². The molecule has 27 aromatic rings. The van der Waals surface area contributed by atoms with E-state index in [0.29, 0.717) is 23.5 Å². The van der Waals surface area contributed by atoms with Crippen LogP contribution < -0.4 is 0 Å². The van der Waals surface area contributed by atoms with E-state index >= 15 is 0 Å². The molecule has 0 saturated heterocycles. The smallest absolute Gasteiger partial charge is 0.0615 e. The number of fused-ring (bicyclic) bond motifs is 18. The van der Waals surface area contributed by atoms with Crippen LogP contribution in [0.1, 0.15) is 0 Å². The summed E-state index contributed by atoms with van der Waals surface area (Å²) >= 11 is 0.559. The van der Waals surface area contributed by atoms with Crippen LogP contribution in [0.4, 0.5) is 0 Å². The molecule has 618 valence electrons. The maximum absolute atomic E-state index is 6.41. The van der Waals surface area contributed by atoms with Crippen molar-refractivity contribution in [2.24, 2.45) is 0 Å². The maximum atomic E-state index is 6.41. The fourth-order valence-corrected chi connectivity index (χ4v) is 24.3. The van der Waals surface area contributed by atoms with Crippen LogP contribution in [0.15, 0.2) is 459 Å². The molecule has 132 heavy (non-hydrogen) atoms. The summed E-state index contributed by atoms with van der Waals surface area (Å²) in [6.45, 7) is 0. The second kappa shape index (κ2) is 32.9. The summed E-state index contributed by atoms with van der Waals surface area (Å²) in [5.74, 6) is 3.47. The molecular weight excluding hydrogens is 1740 g/mol. The van der Waals surface area contributed by atoms with Crippen LogP contribution in [-0.2, 0) is 0 Å². The molecule has 0 radical (unpaired) electrons. The molecule has 12 heteroatoms. The SMILES string of the molecule is c1ccc(-c2cc(-c3ccccc3)nc(-n3c4ccccc4c4cc(-c5cccc6c5[se]c5ccccc56)ccc43)n2)cc1.c1ccc(-c2cc(-c3ccccc3)nc(-n3c4ccccc4c4cc(-c5cccc6c5oc5ccccc56)ccc43)c2)cc1.c1ccc(-c2nc(-c3ccccc3)nc(-n3c4ccccc4c4cc(-c5cccc6c5[se]c5ccccc56)ccc43)n2)cc1. The number of pyridine rings is 1. The van der Waals surface area contributed by atoms with Gasteiger partial charge < -0.3 is 4.42 Å². The predicted octanol–water partition coefficient (Wildman–Crippen LogP) is 30.4. The van der Waals surface area contributed by atoms with Crippen LogP contribution in [0.25, 0.3) is 245 Å². The number of furan rings is 1. The Bertz CT molecular complexity index is 8140. The Morgan fingerprint density at radius 3 is 1.00 bits per heavy atom. The third-order valence-electron chi connectivity index (χ3n) is 25.3. The summed E-state index contributed by atoms with van der Waals surface area (Å²) in [7, 11) is 0. The minimum atomic E-state index is 0.276. The fourth-order valence-electron chi connectivity index (χ4n) is 19.2. The van der Waals surface area contributed by atoms with Gasteiger partial charge in [0.1, 0.15) is 17.0 Å². The van der Waals surface area contributed by atoms with Gasteiger partial charge in [-0.3, -0.25) is 4.57 Å². The van der Waals surface area contributed by atoms with E-state index in [0.717, 1.165) is 128 Å². The molecule has 10 nitrogen and oxygen atoms in total. The van der Waals surface area contributed by atoms with Gasteiger partial charge in [0.15, 0.2) is 0 Å². The zero-order chi connectivity index (χ0) is 87.1. The Hall–Kier alpha value is -16.6. The fraction of sp³-hybridized carbons (Fsp3) is 0. The molecule has 0 saturated carbocycles. The van der Waals surface area contributed by atoms with Crippen LogP contribution in [0.2, 0.25) is 0 Å². The molecule has 0 aliphatic carbocycles. The van der Waals surface area contributed by atoms with Crippen LogP contribution in [0.5, 0.6) is 0 Å². The van der Waals surface area contributed by atoms with Gasteiger partial charge in [-0.2, -0.15) is 0 Å². The zero-order valence-corrected chi connectivity index (χ0v) is 74.5. The van der Waals surface area contributed by atoms with E-state index in [1.807, 2.05) is 91.0 Å². The number of hydrogen-bond acceptors (Lipinski definition) is 7. The second-order valence-electron chi connectivity index (χ2n) is 33.1. The molecule has 18 aromatic carbocycles. The van der Waals surface area contributed by atoms with Gasteiger partial charge in [-0.25, -0.2) is 4.98 Å². The van der Waals surface area contributed by atoms with E-state index in [1.165, 1.54) is 93.2 Å². The number of aromatic nitrogens is 9. The Labute approximate surface area is 770 Å². The van der Waals surface area contributed by atoms with Crippen molar-refractivity contribution in [3.63, 3.8) is 0 Å². The molecular formula is C120H75N9OSe2. The molecule has 0 N–H and O–H groups in total. The van der Waals surface area contributed by atoms with Gasteiger partial charge >= 0.3 is 449 Å². The van der Waals surface area contributed by atoms with Crippen molar-refractivity contribution in [3.8, 4) is 119 Å². The Morgan fingerprint density at radius 1 is 0.189 bits per heavy atom. The molecule has 0 fully saturated rings. The molecule has 0 bridgehead atoms. The van der Waals surface area contributed by atoms with E-state index in [1.54, 1.807) is 0 Å². The van der Waals surface area contributed by atoms with Crippen molar-refractivity contribution in [3.05, 3.63) is 455 Å². The van der Waals surface area contributed by atoms with Gasteiger partial charge in [0.2, 0.25) is 0 Å². The van der Waals surface area contributed by atoms with Gasteiger partial charge in [0, 0.05) is 32.7 Å². The standard InChI is InChI=1S/C41H26N2O.C40H25N3Se.C39H24N4Se/c1-3-12-27(13-4-1)30-25-36(28-14-5-2-6-15-28)42-40(26-30)43-37-20-9-7-16-32(37)35-24-29(22-23-38(35)43)31-18-11-19-34-33-17-8-10-21-39(33)44-41(31)34;1-3-12-26(13-4-1)34-25-35(27-14-5-2-6-15-27)42-40(41-34)43-36-20-9-7-16-30(36)33-24-28(22-23-37(33)43)29-18-11-19-32-31-17-8-10-21-38(31)44-39(29)32;1-3-12-25(13-4-1)37-40-38(26-14-5-2-6-15-26)42-39(41-37)43-33-20-9-7-16-29(33)32-24-27(22-23-34(32)43)28-18-11-19-31-30-17-8-10-21-35(30)44-36(28)31/h1-26H;1-25H;1-24H. The first-order valence-corrected chi connectivity index (χ1v) is 47.7. The van der Waals surface area contributed by atoms with Crippen LogP contribution in [0, 0.1) is 0 Å². The predicted molar refractivity (Wildman–Crippen MR) is 549 cm³/mol. The number of para-hydroxylation sites is 5. The summed E-state index contributed by atoms with van der Waals surface area (Å²) in [5.41, 5.74) is 25.9. The number of hydrogen-bond donors (Lipinski definition) is 0. The van der Waals surface area contributed by atoms with Gasteiger partial charge in [-0.1, -0.05) is 194 Å². The number of nitrogens with zero attached hydrogens (tertiary/aromatic N) is 9. The zero-order valence-electron chi connectivity index (χ0n) is 71.1. The summed E-state index contributed by atoms with van der Waals surface area (Å²) in [6.07, 6.45) is 0. The van der Waals surface area contributed by atoms with E-state index in [2.05, 4.69) is 378 Å². The van der Waals surface area contributed by atoms with Crippen LogP contribution in [0.3, 0.4) is 0 Å². The molecule has 0 atom stereocenters. The third kappa shape index (κ3) is 13.8. The Morgan fingerprint density at radius 2 is 0.530 bits per heavy atom. The quantitative estimate of drug-likeness (QED) is 0.112. The molecule has 0 amide bonds. The normalized spacial score (nSPS) is 11.6. The van der Waals surface area contributed by atoms with Crippen molar-refractivity contribution in [1.82, 2.24) is 43.6 Å². The monoisotopic (exact) mass is 1820 g/mol. The van der Waals surface area contributed by atoms with Crippen LogP contribution >= 0.6 is 0 Å². The molecule has 9 aromatic heterocycles. The second-order valence-corrected chi connectivity index (χ2v) is 37.5. The summed E-state index contributed by atoms with van der Waals surface area (Å²) in [4.78, 5) is 30.7. The van der Waals surface area contributed by atoms with Crippen molar-refractivity contribution < 1.29 is 4.42 Å². The average molecular weight is 1820 g/mol. The molecule has 0 spiro atoms. The molecule has 9 heterocycles. The molecule has 0 aliphatic heterocycles. The van der Waals surface area contributed by atoms with Gasteiger partial charge in [0.25, 0.3) is 0 Å². The minimum absolute atomic E-state index is 0.276. The number of rotatable bonds is 12. The van der Waals surface area contributed by atoms with Gasteiger partial charge in [-0.15, -0.1) is 0 Å². The summed E-state index contributed by atoms with van der Waals surface area (Å²) in [5, 5.41) is 14.9. The van der Waals surface area contributed by atoms with E-state index < -0.39 is 0 Å². The van der Waals surface area contributed by atoms with Crippen LogP contribution in [-0.4, -0.2) is 72.6 Å². The van der Waals surface area contributed by atoms with E-state index in [4.69, 9.17) is 34.3 Å². The first kappa shape index (κ1) is 77.8. The average Bonchev–Trinajstić information content (AvgIpc) is 1.59. The van der Waals surface area contributed by atoms with E-state index in [9.17, 15) is 0 Å². The van der Waals surface area contributed by atoms with E-state index in [-0.39, 0.29) is 29.0 Å². The number of benzene rings is 18. The first-order chi connectivity index (χ1) is 65.4. The van der Waals surface area contributed by atoms with Gasteiger partial charge in [-0.05, 0) is 53.1 Å². The Balaban J connectivity index is 0.000000106. The van der Waals surface area contributed by atoms with Crippen molar-refractivity contribution in [2.75, 3.05) is 0 Å². The summed E-state index contributed by atoms with van der Waals surface area (Å²) < 4.78 is 19.0. The molecule has 0 aliphatic rings. The van der Waals surface area contributed by atoms with Crippen molar-refractivity contribution in [2.45, 2.75) is 0 Å². The van der Waals surface area contributed by atoms with Crippen molar-refractivity contribution in [1.29, 1.82) is 0 Å². The third-order valence-corrected chi connectivity index (χ3v) is 30.4. The van der Waals surface area contributed by atoms with Gasteiger partial charge in [0.05, 0.1) is 16.7 Å². The topological polar surface area (TPSA) is 105 Å². The minimum Gasteiger partial charge on any atom is -0.0615 e. The Kier molecular flexibility index (Phi) is 19.4. The summed E-state index contributed by atoms with van der Waals surface area (Å²) in [6, 6.07) is 161. The molecule has 27 rings (SSSR count). The first-order valence-electron chi connectivity index (χ1n) is 44.3. The molecule has 0 unspecified atom stereocenters.